The molecular weight excluding hydrogens is 254 g/mol. The van der Waals surface area contributed by atoms with Crippen LogP contribution in [0, 0.1) is 11.3 Å². The summed E-state index contributed by atoms with van der Waals surface area (Å²) in [7, 11) is 3.40. The van der Waals surface area contributed by atoms with Crippen LogP contribution in [0.5, 0.6) is 0 Å². The van der Waals surface area contributed by atoms with Gasteiger partial charge in [0.1, 0.15) is 18.2 Å². The van der Waals surface area contributed by atoms with E-state index < -0.39 is 0 Å². The monoisotopic (exact) mass is 269 g/mol. The number of aromatic nitrogens is 2. The average Bonchev–Trinajstić information content (AvgIpc) is 2.48. The van der Waals surface area contributed by atoms with E-state index in [9.17, 15) is 0 Å². The third-order valence-electron chi connectivity index (χ3n) is 2.59. The van der Waals surface area contributed by atoms with E-state index in [0.717, 1.165) is 5.69 Å². The van der Waals surface area contributed by atoms with Gasteiger partial charge < -0.3 is 15.4 Å². The zero-order valence-corrected chi connectivity index (χ0v) is 11.3. The van der Waals surface area contributed by atoms with Crippen molar-refractivity contribution < 1.29 is 4.74 Å². The third-order valence-corrected chi connectivity index (χ3v) is 2.59. The molecule has 0 unspecified atom stereocenters. The van der Waals surface area contributed by atoms with Gasteiger partial charge in [-0.25, -0.2) is 9.97 Å². The molecule has 1 aromatic carbocycles. The molecule has 0 amide bonds. The highest BCUT2D eigenvalue weighted by molar-refractivity contribution is 5.60. The first kappa shape index (κ1) is 13.8. The van der Waals surface area contributed by atoms with Gasteiger partial charge in [-0.1, -0.05) is 0 Å². The quantitative estimate of drug-likeness (QED) is 0.866. The lowest BCUT2D eigenvalue weighted by molar-refractivity contribution is 0.178. The molecule has 0 saturated carbocycles. The van der Waals surface area contributed by atoms with E-state index >= 15 is 0 Å². The van der Waals surface area contributed by atoms with Gasteiger partial charge in [0.2, 0.25) is 0 Å². The van der Waals surface area contributed by atoms with Crippen molar-refractivity contribution in [3.63, 3.8) is 0 Å². The van der Waals surface area contributed by atoms with Gasteiger partial charge in [-0.3, -0.25) is 0 Å². The Morgan fingerprint density at radius 3 is 2.50 bits per heavy atom. The largest absolute Gasteiger partial charge is 0.377 e. The molecule has 2 N–H and O–H groups in total. The van der Waals surface area contributed by atoms with Gasteiger partial charge >= 0.3 is 0 Å². The zero-order valence-electron chi connectivity index (χ0n) is 11.3. The molecule has 1 heterocycles. The van der Waals surface area contributed by atoms with E-state index in [2.05, 4.69) is 26.7 Å². The Morgan fingerprint density at radius 1 is 1.20 bits per heavy atom. The van der Waals surface area contributed by atoms with Crippen molar-refractivity contribution in [3.8, 4) is 6.07 Å². The summed E-state index contributed by atoms with van der Waals surface area (Å²) < 4.78 is 5.05. The van der Waals surface area contributed by atoms with Crippen molar-refractivity contribution in [2.45, 2.75) is 6.61 Å². The minimum absolute atomic E-state index is 0.345. The fourth-order valence-corrected chi connectivity index (χ4v) is 1.66. The summed E-state index contributed by atoms with van der Waals surface area (Å²) >= 11 is 0. The average molecular weight is 269 g/mol. The number of methoxy groups -OCH3 is 1. The van der Waals surface area contributed by atoms with Gasteiger partial charge in [0.05, 0.1) is 11.6 Å². The van der Waals surface area contributed by atoms with Crippen LogP contribution >= 0.6 is 0 Å². The number of nitrogens with one attached hydrogen (secondary N) is 2. The van der Waals surface area contributed by atoms with Gasteiger partial charge in [0.25, 0.3) is 0 Å². The van der Waals surface area contributed by atoms with Gasteiger partial charge in [0, 0.05) is 25.9 Å². The molecule has 0 bridgehead atoms. The number of anilines is 3. The second-order valence-electron chi connectivity index (χ2n) is 4.05. The van der Waals surface area contributed by atoms with Gasteiger partial charge in [-0.15, -0.1) is 0 Å². The number of nitrogens with zero attached hydrogens (tertiary/aromatic N) is 3. The summed E-state index contributed by atoms with van der Waals surface area (Å²) in [5.41, 5.74) is 1.47. The van der Waals surface area contributed by atoms with Crippen LogP contribution in [0.25, 0.3) is 0 Å². The molecule has 20 heavy (non-hydrogen) atoms. The maximum Gasteiger partial charge on any atom is 0.158 e. The Morgan fingerprint density at radius 2 is 1.90 bits per heavy atom. The predicted octanol–water partition coefficient (Wildman–Crippen LogP) is 2.28. The first-order valence-corrected chi connectivity index (χ1v) is 6.07. The Balaban J connectivity index is 2.22. The number of rotatable bonds is 5. The molecule has 0 atom stereocenters. The Bertz CT molecular complexity index is 618. The van der Waals surface area contributed by atoms with Crippen molar-refractivity contribution in [1.29, 1.82) is 5.26 Å². The Kier molecular flexibility index (Phi) is 4.47. The standard InChI is InChI=1S/C14H15N5O/c1-16-12-7-13(19-14(18-12)9-20-2)17-11-5-3-10(8-15)4-6-11/h3-7H,9H2,1-2H3,(H2,16,17,18,19). The summed E-state index contributed by atoms with van der Waals surface area (Å²) in [5.74, 6) is 1.97. The van der Waals surface area contributed by atoms with Crippen molar-refractivity contribution in [1.82, 2.24) is 9.97 Å². The number of ether oxygens (including phenoxy) is 1. The van der Waals surface area contributed by atoms with Gasteiger partial charge in [-0.05, 0) is 24.3 Å². The van der Waals surface area contributed by atoms with Crippen molar-refractivity contribution in [2.75, 3.05) is 24.8 Å². The molecule has 6 nitrogen and oxygen atoms in total. The normalized spacial score (nSPS) is 9.85. The molecular formula is C14H15N5O. The Labute approximate surface area is 117 Å². The second kappa shape index (κ2) is 6.50. The second-order valence-corrected chi connectivity index (χ2v) is 4.05. The minimum atomic E-state index is 0.345. The molecule has 0 aliphatic rings. The van der Waals surface area contributed by atoms with Gasteiger partial charge in [0.15, 0.2) is 5.82 Å². The van der Waals surface area contributed by atoms with E-state index in [1.165, 1.54) is 0 Å². The van der Waals surface area contributed by atoms with E-state index in [1.807, 2.05) is 12.1 Å². The third kappa shape index (κ3) is 3.43. The molecule has 0 spiro atoms. The van der Waals surface area contributed by atoms with Crippen LogP contribution in [0.3, 0.4) is 0 Å². The highest BCUT2D eigenvalue weighted by Gasteiger charge is 2.04. The summed E-state index contributed by atoms with van der Waals surface area (Å²) in [5, 5.41) is 14.9. The molecule has 6 heteroatoms. The van der Waals surface area contributed by atoms with Crippen molar-refractivity contribution in [3.05, 3.63) is 41.7 Å². The van der Waals surface area contributed by atoms with Crippen LogP contribution in [0.4, 0.5) is 17.3 Å². The van der Waals surface area contributed by atoms with E-state index in [0.29, 0.717) is 29.6 Å². The molecule has 0 fully saturated rings. The van der Waals surface area contributed by atoms with E-state index in [4.69, 9.17) is 10.00 Å². The van der Waals surface area contributed by atoms with Crippen LogP contribution in [0.1, 0.15) is 11.4 Å². The van der Waals surface area contributed by atoms with Gasteiger partial charge in [-0.2, -0.15) is 5.26 Å². The molecule has 0 radical (unpaired) electrons. The summed E-state index contributed by atoms with van der Waals surface area (Å²) in [6.07, 6.45) is 0. The molecule has 0 saturated heterocycles. The highest BCUT2D eigenvalue weighted by atomic mass is 16.5. The first-order valence-electron chi connectivity index (χ1n) is 6.07. The molecule has 2 rings (SSSR count). The fourth-order valence-electron chi connectivity index (χ4n) is 1.66. The number of benzene rings is 1. The smallest absolute Gasteiger partial charge is 0.158 e. The number of hydrogen-bond donors (Lipinski definition) is 2. The van der Waals surface area contributed by atoms with E-state index in [1.54, 1.807) is 32.4 Å². The van der Waals surface area contributed by atoms with Crippen LogP contribution < -0.4 is 10.6 Å². The lowest BCUT2D eigenvalue weighted by atomic mass is 10.2. The highest BCUT2D eigenvalue weighted by Crippen LogP contribution is 2.18. The minimum Gasteiger partial charge on any atom is -0.377 e. The first-order chi connectivity index (χ1) is 9.75. The SMILES string of the molecule is CNc1cc(Nc2ccc(C#N)cc2)nc(COC)n1. The lowest BCUT2D eigenvalue weighted by Crippen LogP contribution is -2.04. The maximum atomic E-state index is 8.77. The summed E-state index contributed by atoms with van der Waals surface area (Å²) in [6.45, 7) is 0.345. The molecule has 0 aliphatic heterocycles. The van der Waals surface area contributed by atoms with E-state index in [-0.39, 0.29) is 0 Å². The Hall–Kier alpha value is -2.65. The van der Waals surface area contributed by atoms with Crippen LogP contribution in [-0.4, -0.2) is 24.1 Å². The molecule has 0 aliphatic carbocycles. The zero-order chi connectivity index (χ0) is 14.4. The van der Waals surface area contributed by atoms with Crippen LogP contribution in [0.15, 0.2) is 30.3 Å². The molecule has 2 aromatic rings. The van der Waals surface area contributed by atoms with Crippen molar-refractivity contribution in [2.24, 2.45) is 0 Å². The lowest BCUT2D eigenvalue weighted by Gasteiger charge is -2.09. The number of nitriles is 1. The summed E-state index contributed by atoms with van der Waals surface area (Å²) in [6, 6.07) is 11.0. The predicted molar refractivity (Wildman–Crippen MR) is 76.7 cm³/mol. The topological polar surface area (TPSA) is 82.9 Å². The van der Waals surface area contributed by atoms with Crippen LogP contribution in [-0.2, 0) is 11.3 Å². The number of hydrogen-bond acceptors (Lipinski definition) is 6. The molecule has 102 valence electrons. The molecule has 1 aromatic heterocycles. The van der Waals surface area contributed by atoms with Crippen molar-refractivity contribution >= 4 is 17.3 Å². The summed E-state index contributed by atoms with van der Waals surface area (Å²) in [4.78, 5) is 8.64. The maximum absolute atomic E-state index is 8.77. The van der Waals surface area contributed by atoms with Crippen LogP contribution in [0.2, 0.25) is 0 Å². The fraction of sp³-hybridized carbons (Fsp3) is 0.214.